The number of ketones is 1. The number of hydrogen-bond donors (Lipinski definition) is 2. The Hall–Kier alpha value is -5.11. The van der Waals surface area contributed by atoms with Gasteiger partial charge in [0.15, 0.2) is 11.5 Å². The van der Waals surface area contributed by atoms with Crippen molar-refractivity contribution in [2.45, 2.75) is 33.0 Å². The van der Waals surface area contributed by atoms with Gasteiger partial charge in [0.05, 0.1) is 18.2 Å². The van der Waals surface area contributed by atoms with E-state index >= 15 is 0 Å². The molecule has 1 atom stereocenters. The number of ether oxygens (including phenoxy) is 2. The first-order valence-corrected chi connectivity index (χ1v) is 13.3. The van der Waals surface area contributed by atoms with E-state index in [9.17, 15) is 19.8 Å². The number of aromatic hydroxyl groups is 1. The van der Waals surface area contributed by atoms with Gasteiger partial charge in [-0.2, -0.15) is 0 Å². The van der Waals surface area contributed by atoms with Gasteiger partial charge in [0.25, 0.3) is 11.7 Å². The fourth-order valence-electron chi connectivity index (χ4n) is 4.93. The number of pyridine rings is 1. The van der Waals surface area contributed by atoms with Crippen molar-refractivity contribution in [3.05, 3.63) is 125 Å². The maximum Gasteiger partial charge on any atom is 0.295 e. The molecule has 0 bridgehead atoms. The highest BCUT2D eigenvalue weighted by Crippen LogP contribution is 2.43. The molecule has 41 heavy (non-hydrogen) atoms. The normalized spacial score (nSPS) is 16.1. The van der Waals surface area contributed by atoms with Gasteiger partial charge < -0.3 is 24.6 Å². The van der Waals surface area contributed by atoms with E-state index in [0.29, 0.717) is 35.7 Å². The highest BCUT2D eigenvalue weighted by molar-refractivity contribution is 6.46. The van der Waals surface area contributed by atoms with Crippen molar-refractivity contribution < 1.29 is 29.3 Å². The number of aliphatic hydroxyl groups is 1. The van der Waals surface area contributed by atoms with Gasteiger partial charge >= 0.3 is 0 Å². The number of carbonyl (C=O) groups is 2. The molecule has 5 rings (SSSR count). The molecule has 1 saturated heterocycles. The minimum atomic E-state index is -0.927. The number of hydrogen-bond acceptors (Lipinski definition) is 7. The quantitative estimate of drug-likeness (QED) is 0.156. The second-order valence-corrected chi connectivity index (χ2v) is 9.70. The Balaban J connectivity index is 1.55. The largest absolute Gasteiger partial charge is 0.507 e. The van der Waals surface area contributed by atoms with E-state index in [1.54, 1.807) is 62.6 Å². The van der Waals surface area contributed by atoms with Gasteiger partial charge in [0, 0.05) is 24.5 Å². The molecular weight excluding hydrogens is 520 g/mol. The molecule has 1 fully saturated rings. The number of phenols is 1. The molecule has 4 aromatic rings. The number of nitrogens with zero attached hydrogens (tertiary/aromatic N) is 2. The van der Waals surface area contributed by atoms with Crippen LogP contribution in [-0.2, 0) is 22.7 Å². The first-order valence-electron chi connectivity index (χ1n) is 13.3. The Morgan fingerprint density at radius 1 is 0.951 bits per heavy atom. The van der Waals surface area contributed by atoms with Gasteiger partial charge in [-0.1, -0.05) is 42.5 Å². The van der Waals surface area contributed by atoms with E-state index in [1.807, 2.05) is 36.4 Å². The minimum absolute atomic E-state index is 0.0481. The fourth-order valence-corrected chi connectivity index (χ4v) is 4.93. The van der Waals surface area contributed by atoms with Crippen molar-refractivity contribution >= 4 is 17.4 Å². The summed E-state index contributed by atoms with van der Waals surface area (Å²) in [6.45, 7) is 4.38. The number of rotatable bonds is 9. The van der Waals surface area contributed by atoms with Crippen LogP contribution in [0.5, 0.6) is 17.2 Å². The number of aromatic nitrogens is 1. The summed E-state index contributed by atoms with van der Waals surface area (Å²) in [6.07, 6.45) is 3.25. The summed E-state index contributed by atoms with van der Waals surface area (Å²) < 4.78 is 11.5. The van der Waals surface area contributed by atoms with Crippen LogP contribution in [0.2, 0.25) is 0 Å². The average molecular weight is 551 g/mol. The van der Waals surface area contributed by atoms with Crippen LogP contribution in [-0.4, -0.2) is 38.4 Å². The highest BCUT2D eigenvalue weighted by Gasteiger charge is 2.46. The van der Waals surface area contributed by atoms with Crippen molar-refractivity contribution in [1.82, 2.24) is 9.88 Å². The monoisotopic (exact) mass is 550 g/mol. The zero-order valence-electron chi connectivity index (χ0n) is 22.8. The second-order valence-electron chi connectivity index (χ2n) is 9.70. The maximum atomic E-state index is 13.5. The predicted molar refractivity (Wildman–Crippen MR) is 153 cm³/mol. The summed E-state index contributed by atoms with van der Waals surface area (Å²) in [4.78, 5) is 32.4. The Kier molecular flexibility index (Phi) is 8.01. The van der Waals surface area contributed by atoms with E-state index in [-0.39, 0.29) is 29.4 Å². The van der Waals surface area contributed by atoms with Crippen molar-refractivity contribution in [2.24, 2.45) is 0 Å². The lowest BCUT2D eigenvalue weighted by atomic mass is 9.93. The van der Waals surface area contributed by atoms with Gasteiger partial charge in [0.1, 0.15) is 18.1 Å². The summed E-state index contributed by atoms with van der Waals surface area (Å²) in [5.74, 6) is -1.08. The smallest absolute Gasteiger partial charge is 0.295 e. The summed E-state index contributed by atoms with van der Waals surface area (Å²) in [6, 6.07) is 22.2. The number of aliphatic hydroxyl groups excluding tert-OH is 1. The van der Waals surface area contributed by atoms with Crippen LogP contribution in [0.15, 0.2) is 96.8 Å². The lowest BCUT2D eigenvalue weighted by Gasteiger charge is -2.26. The first-order chi connectivity index (χ1) is 19.9. The molecule has 0 aliphatic carbocycles. The molecule has 0 unspecified atom stereocenters. The number of likely N-dealkylation sites (tertiary alicyclic amines) is 1. The van der Waals surface area contributed by atoms with Gasteiger partial charge in [0.2, 0.25) is 0 Å². The first kappa shape index (κ1) is 27.5. The van der Waals surface area contributed by atoms with Crippen molar-refractivity contribution in [2.75, 3.05) is 6.61 Å². The number of amides is 1. The van der Waals surface area contributed by atoms with Crippen LogP contribution in [0, 0.1) is 6.92 Å². The van der Waals surface area contributed by atoms with E-state index in [2.05, 4.69) is 4.98 Å². The molecule has 1 aliphatic rings. The molecular formula is C33H30N2O6. The maximum absolute atomic E-state index is 13.5. The minimum Gasteiger partial charge on any atom is -0.507 e. The van der Waals surface area contributed by atoms with Crippen LogP contribution in [0.3, 0.4) is 0 Å². The van der Waals surface area contributed by atoms with Crippen LogP contribution >= 0.6 is 0 Å². The molecule has 1 amide bonds. The molecule has 1 aliphatic heterocycles. The summed E-state index contributed by atoms with van der Waals surface area (Å²) in [5, 5.41) is 21.9. The van der Waals surface area contributed by atoms with E-state index in [4.69, 9.17) is 9.47 Å². The Labute approximate surface area is 238 Å². The summed E-state index contributed by atoms with van der Waals surface area (Å²) >= 11 is 0. The predicted octanol–water partition coefficient (Wildman–Crippen LogP) is 5.70. The van der Waals surface area contributed by atoms with Gasteiger partial charge in [-0.25, -0.2) is 0 Å². The second kappa shape index (κ2) is 12.0. The van der Waals surface area contributed by atoms with Crippen molar-refractivity contribution in [3.63, 3.8) is 0 Å². The molecule has 2 N–H and O–H groups in total. The van der Waals surface area contributed by atoms with E-state index in [1.165, 1.54) is 11.0 Å². The number of Topliss-reactive ketones (excluding diaryl/α,β-unsaturated/α-hetero) is 1. The number of phenolic OH excluding ortho intramolecular Hbond substituents is 1. The molecule has 8 heteroatoms. The summed E-state index contributed by atoms with van der Waals surface area (Å²) in [7, 11) is 0. The Morgan fingerprint density at radius 3 is 2.44 bits per heavy atom. The lowest BCUT2D eigenvalue weighted by Crippen LogP contribution is -2.29. The standard InChI is InChI=1S/C33H30N2O6/c1-3-40-28-17-24(11-14-27(28)36)30-29(32(38)33(39)35(30)19-23-10-7-15-34-18-23)31(37)26-13-12-25(16-21(26)2)41-20-22-8-5-4-6-9-22/h4-18,30,36-37H,3,19-20H2,1-2H3/t30-/m1/s1. The Morgan fingerprint density at radius 2 is 1.73 bits per heavy atom. The van der Waals surface area contributed by atoms with Crippen LogP contribution in [0.4, 0.5) is 0 Å². The van der Waals surface area contributed by atoms with Gasteiger partial charge in [-0.05, 0) is 72.5 Å². The number of benzene rings is 3. The van der Waals surface area contributed by atoms with Crippen LogP contribution in [0.1, 0.15) is 40.8 Å². The van der Waals surface area contributed by atoms with E-state index < -0.39 is 17.7 Å². The topological polar surface area (TPSA) is 109 Å². The average Bonchev–Trinajstić information content (AvgIpc) is 3.23. The number of aryl methyl sites for hydroxylation is 1. The lowest BCUT2D eigenvalue weighted by molar-refractivity contribution is -0.140. The molecule has 1 aromatic heterocycles. The highest BCUT2D eigenvalue weighted by atomic mass is 16.5. The van der Waals surface area contributed by atoms with Gasteiger partial charge in [-0.3, -0.25) is 14.6 Å². The molecule has 0 spiro atoms. The number of carbonyl (C=O) groups excluding carboxylic acids is 2. The molecule has 2 heterocycles. The Bertz CT molecular complexity index is 1600. The van der Waals surface area contributed by atoms with Crippen molar-refractivity contribution in [1.29, 1.82) is 0 Å². The van der Waals surface area contributed by atoms with Gasteiger partial charge in [-0.15, -0.1) is 0 Å². The molecule has 8 nitrogen and oxygen atoms in total. The SMILES string of the molecule is CCOc1cc([C@@H]2C(=C(O)c3ccc(OCc4ccccc4)cc3C)C(=O)C(=O)N2Cc2cccnc2)ccc1O. The third kappa shape index (κ3) is 5.77. The summed E-state index contributed by atoms with van der Waals surface area (Å²) in [5.41, 5.74) is 3.28. The third-order valence-corrected chi connectivity index (χ3v) is 6.92. The molecule has 0 radical (unpaired) electrons. The fraction of sp³-hybridized carbons (Fsp3) is 0.182. The van der Waals surface area contributed by atoms with Crippen molar-refractivity contribution in [3.8, 4) is 17.2 Å². The molecule has 208 valence electrons. The van der Waals surface area contributed by atoms with Crippen LogP contribution < -0.4 is 9.47 Å². The molecule has 3 aromatic carbocycles. The zero-order chi connectivity index (χ0) is 28.9. The third-order valence-electron chi connectivity index (χ3n) is 6.92. The molecule has 0 saturated carbocycles. The van der Waals surface area contributed by atoms with Crippen LogP contribution in [0.25, 0.3) is 5.76 Å². The van der Waals surface area contributed by atoms with E-state index in [0.717, 1.165) is 11.1 Å². The zero-order valence-corrected chi connectivity index (χ0v) is 22.8.